The second-order valence-corrected chi connectivity index (χ2v) is 6.84. The molecule has 23 heavy (non-hydrogen) atoms. The first-order chi connectivity index (χ1) is 11.2. The third kappa shape index (κ3) is 3.27. The summed E-state index contributed by atoms with van der Waals surface area (Å²) in [6, 6.07) is 15.8. The molecule has 1 atom stereocenters. The molecule has 0 saturated heterocycles. The van der Waals surface area contributed by atoms with Crippen molar-refractivity contribution in [3.8, 4) is 11.1 Å². The molecule has 0 saturated carbocycles. The predicted molar refractivity (Wildman–Crippen MR) is 102 cm³/mol. The van der Waals surface area contributed by atoms with Crippen LogP contribution in [0.4, 0.5) is 0 Å². The minimum absolute atomic E-state index is 0.686. The minimum atomic E-state index is 0.686. The van der Waals surface area contributed by atoms with Gasteiger partial charge in [-0.25, -0.2) is 0 Å². The maximum atomic E-state index is 2.47. The van der Waals surface area contributed by atoms with E-state index in [1.165, 1.54) is 53.5 Å². The van der Waals surface area contributed by atoms with E-state index in [1.807, 2.05) is 0 Å². The zero-order valence-corrected chi connectivity index (χ0v) is 14.7. The molecule has 2 aromatic rings. The zero-order chi connectivity index (χ0) is 16.2. The van der Waals surface area contributed by atoms with E-state index in [4.69, 9.17) is 0 Å². The largest absolute Gasteiger partial charge is 0.0654 e. The lowest BCUT2D eigenvalue weighted by Gasteiger charge is -2.13. The van der Waals surface area contributed by atoms with Crippen molar-refractivity contribution in [1.29, 1.82) is 0 Å². The monoisotopic (exact) mass is 304 g/mol. The van der Waals surface area contributed by atoms with Gasteiger partial charge in [0.25, 0.3) is 0 Å². The van der Waals surface area contributed by atoms with Gasteiger partial charge < -0.3 is 0 Å². The lowest BCUT2D eigenvalue weighted by Crippen LogP contribution is -1.97. The van der Waals surface area contributed by atoms with E-state index in [2.05, 4.69) is 69.3 Å². The molecule has 0 bridgehead atoms. The van der Waals surface area contributed by atoms with Gasteiger partial charge in [0.15, 0.2) is 0 Å². The Kier molecular flexibility index (Phi) is 5.00. The zero-order valence-electron chi connectivity index (χ0n) is 14.7. The van der Waals surface area contributed by atoms with Crippen LogP contribution in [-0.4, -0.2) is 0 Å². The maximum Gasteiger partial charge on any atom is -0.00549 e. The number of unbranched alkanes of at least 4 members (excludes halogenated alkanes) is 1. The standard InChI is InChI=1S/C23H28/c1-4-6-10-18-11-7-8-13-21(18)22-14-9-12-19-15-20(16-23(19)22)17(3)5-2/h7-9,11-14,16-17H,4-6,10,15H2,1-3H3. The summed E-state index contributed by atoms with van der Waals surface area (Å²) in [6.07, 6.45) is 8.52. The Bertz CT molecular complexity index is 706. The molecule has 0 nitrogen and oxygen atoms in total. The van der Waals surface area contributed by atoms with Crippen LogP contribution in [0.25, 0.3) is 17.2 Å². The number of hydrogen-bond acceptors (Lipinski definition) is 0. The van der Waals surface area contributed by atoms with Crippen LogP contribution in [0.5, 0.6) is 0 Å². The van der Waals surface area contributed by atoms with Crippen molar-refractivity contribution in [2.24, 2.45) is 5.92 Å². The van der Waals surface area contributed by atoms with Crippen LogP contribution in [0.2, 0.25) is 0 Å². The summed E-state index contributed by atoms with van der Waals surface area (Å²) in [4.78, 5) is 0. The van der Waals surface area contributed by atoms with Gasteiger partial charge in [0, 0.05) is 0 Å². The van der Waals surface area contributed by atoms with Gasteiger partial charge in [0.1, 0.15) is 0 Å². The fourth-order valence-electron chi connectivity index (χ4n) is 3.58. The molecule has 3 rings (SSSR count). The summed E-state index contributed by atoms with van der Waals surface area (Å²) in [6.45, 7) is 6.91. The SMILES string of the molecule is CCCCc1ccccc1-c1cccc2c1C=C(C(C)CC)C2. The predicted octanol–water partition coefficient (Wildman–Crippen LogP) is 6.68. The number of fused-ring (bicyclic) bond motifs is 1. The highest BCUT2D eigenvalue weighted by atomic mass is 14.2. The molecule has 1 unspecified atom stereocenters. The van der Waals surface area contributed by atoms with Crippen molar-refractivity contribution < 1.29 is 0 Å². The first-order valence-electron chi connectivity index (χ1n) is 9.15. The molecule has 0 aromatic heterocycles. The van der Waals surface area contributed by atoms with E-state index in [-0.39, 0.29) is 0 Å². The van der Waals surface area contributed by atoms with Gasteiger partial charge in [-0.15, -0.1) is 0 Å². The summed E-state index contributed by atoms with van der Waals surface area (Å²) < 4.78 is 0. The Hall–Kier alpha value is -1.82. The van der Waals surface area contributed by atoms with E-state index in [0.29, 0.717) is 5.92 Å². The van der Waals surface area contributed by atoms with E-state index in [1.54, 1.807) is 5.57 Å². The normalized spacial score (nSPS) is 14.5. The van der Waals surface area contributed by atoms with E-state index in [0.717, 1.165) is 6.42 Å². The molecule has 0 spiro atoms. The van der Waals surface area contributed by atoms with E-state index < -0.39 is 0 Å². The average molecular weight is 304 g/mol. The van der Waals surface area contributed by atoms with Gasteiger partial charge in [-0.2, -0.15) is 0 Å². The first-order valence-corrected chi connectivity index (χ1v) is 9.15. The van der Waals surface area contributed by atoms with Gasteiger partial charge in [-0.1, -0.05) is 81.3 Å². The lowest BCUT2D eigenvalue weighted by molar-refractivity contribution is 0.647. The molecule has 2 aromatic carbocycles. The van der Waals surface area contributed by atoms with Gasteiger partial charge in [0.05, 0.1) is 0 Å². The molecule has 0 heterocycles. The number of allylic oxidation sites excluding steroid dienone is 1. The molecule has 1 aliphatic carbocycles. The van der Waals surface area contributed by atoms with E-state index in [9.17, 15) is 0 Å². The van der Waals surface area contributed by atoms with Crippen LogP contribution < -0.4 is 0 Å². The van der Waals surface area contributed by atoms with Crippen molar-refractivity contribution in [2.75, 3.05) is 0 Å². The molecule has 1 aliphatic rings. The Morgan fingerprint density at radius 2 is 1.74 bits per heavy atom. The fraction of sp³-hybridized carbons (Fsp3) is 0.391. The van der Waals surface area contributed by atoms with Gasteiger partial charge in [0.2, 0.25) is 0 Å². The van der Waals surface area contributed by atoms with Crippen molar-refractivity contribution in [3.63, 3.8) is 0 Å². The molecule has 0 radical (unpaired) electrons. The third-order valence-electron chi connectivity index (χ3n) is 5.27. The Morgan fingerprint density at radius 1 is 0.957 bits per heavy atom. The molecule has 120 valence electrons. The van der Waals surface area contributed by atoms with Crippen LogP contribution in [0.3, 0.4) is 0 Å². The smallest absolute Gasteiger partial charge is 0.00549 e. The minimum Gasteiger partial charge on any atom is -0.0654 e. The third-order valence-corrected chi connectivity index (χ3v) is 5.27. The van der Waals surface area contributed by atoms with Gasteiger partial charge in [-0.3, -0.25) is 0 Å². The van der Waals surface area contributed by atoms with Crippen molar-refractivity contribution in [3.05, 3.63) is 64.7 Å². The molecular formula is C23H28. The van der Waals surface area contributed by atoms with Crippen LogP contribution in [0, 0.1) is 5.92 Å². The summed E-state index contributed by atoms with van der Waals surface area (Å²) in [5, 5.41) is 0. The molecule has 0 N–H and O–H groups in total. The second kappa shape index (κ2) is 7.17. The van der Waals surface area contributed by atoms with Gasteiger partial charge in [-0.05, 0) is 59.4 Å². The number of hydrogen-bond donors (Lipinski definition) is 0. The Labute approximate surface area is 141 Å². The van der Waals surface area contributed by atoms with Crippen LogP contribution in [0.15, 0.2) is 48.0 Å². The van der Waals surface area contributed by atoms with Gasteiger partial charge >= 0.3 is 0 Å². The topological polar surface area (TPSA) is 0 Å². The number of aryl methyl sites for hydroxylation is 1. The van der Waals surface area contributed by atoms with Crippen LogP contribution in [0.1, 0.15) is 56.7 Å². The number of rotatable bonds is 6. The average Bonchev–Trinajstić information content (AvgIpc) is 3.03. The molecule has 0 aliphatic heterocycles. The fourth-order valence-corrected chi connectivity index (χ4v) is 3.58. The molecular weight excluding hydrogens is 276 g/mol. The summed E-state index contributed by atoms with van der Waals surface area (Å²) >= 11 is 0. The highest BCUT2D eigenvalue weighted by Crippen LogP contribution is 2.38. The van der Waals surface area contributed by atoms with Crippen LogP contribution in [-0.2, 0) is 12.8 Å². The summed E-state index contributed by atoms with van der Waals surface area (Å²) in [5.74, 6) is 0.686. The highest BCUT2D eigenvalue weighted by Gasteiger charge is 2.20. The second-order valence-electron chi connectivity index (χ2n) is 6.84. The van der Waals surface area contributed by atoms with Crippen molar-refractivity contribution in [2.45, 2.75) is 52.9 Å². The Balaban J connectivity index is 2.04. The molecule has 0 amide bonds. The Morgan fingerprint density at radius 3 is 2.52 bits per heavy atom. The molecule has 0 heteroatoms. The lowest BCUT2D eigenvalue weighted by atomic mass is 9.92. The first kappa shape index (κ1) is 16.1. The van der Waals surface area contributed by atoms with Crippen molar-refractivity contribution in [1.82, 2.24) is 0 Å². The highest BCUT2D eigenvalue weighted by molar-refractivity contribution is 5.82. The molecule has 0 fully saturated rings. The maximum absolute atomic E-state index is 2.47. The number of benzene rings is 2. The quantitative estimate of drug-likeness (QED) is 0.558. The van der Waals surface area contributed by atoms with Crippen LogP contribution >= 0.6 is 0 Å². The summed E-state index contributed by atoms with van der Waals surface area (Å²) in [7, 11) is 0. The summed E-state index contributed by atoms with van der Waals surface area (Å²) in [5.41, 5.74) is 8.91. The van der Waals surface area contributed by atoms with Crippen molar-refractivity contribution >= 4 is 6.08 Å². The van der Waals surface area contributed by atoms with E-state index >= 15 is 0 Å².